The lowest BCUT2D eigenvalue weighted by Gasteiger charge is -2.30. The molecule has 162 valence electrons. The Labute approximate surface area is 187 Å². The summed E-state index contributed by atoms with van der Waals surface area (Å²) >= 11 is 0. The third kappa shape index (κ3) is 3.74. The number of hydrogen-bond acceptors (Lipinski definition) is 6. The van der Waals surface area contributed by atoms with E-state index in [1.165, 1.54) is 0 Å². The largest absolute Gasteiger partial charge is 0.493 e. The number of carbonyl (C=O) groups is 1. The molecule has 32 heavy (non-hydrogen) atoms. The van der Waals surface area contributed by atoms with E-state index in [1.807, 2.05) is 62.5 Å². The molecular formula is C26H24N2O4. The number of hydrogen-bond donors (Lipinski definition) is 0. The van der Waals surface area contributed by atoms with Crippen molar-refractivity contribution in [1.82, 2.24) is 9.88 Å². The fourth-order valence-corrected chi connectivity index (χ4v) is 4.18. The first-order valence-corrected chi connectivity index (χ1v) is 10.7. The van der Waals surface area contributed by atoms with Gasteiger partial charge in [-0.3, -0.25) is 14.7 Å². The molecule has 0 unspecified atom stereocenters. The molecule has 0 saturated heterocycles. The number of Topliss-reactive ketones (excluding diaryl/α,β-unsaturated/α-hetero) is 1. The van der Waals surface area contributed by atoms with Crippen molar-refractivity contribution in [2.24, 2.45) is 0 Å². The first kappa shape index (κ1) is 20.3. The minimum Gasteiger partial charge on any atom is -0.493 e. The van der Waals surface area contributed by atoms with E-state index in [0.717, 1.165) is 40.3 Å². The Morgan fingerprint density at radius 2 is 2.06 bits per heavy atom. The third-order valence-corrected chi connectivity index (χ3v) is 5.64. The number of pyridine rings is 1. The minimum absolute atomic E-state index is 0.124. The molecular weight excluding hydrogens is 404 g/mol. The molecule has 0 saturated carbocycles. The Morgan fingerprint density at radius 3 is 2.88 bits per heavy atom. The Balaban J connectivity index is 1.43. The molecule has 0 fully saturated rings. The minimum atomic E-state index is -0.124. The summed E-state index contributed by atoms with van der Waals surface area (Å²) < 4.78 is 17.8. The summed E-state index contributed by atoms with van der Waals surface area (Å²) in [4.78, 5) is 19.5. The molecule has 2 aromatic carbocycles. The molecule has 5 rings (SSSR count). The van der Waals surface area contributed by atoms with Crippen molar-refractivity contribution in [2.75, 3.05) is 13.3 Å². The van der Waals surface area contributed by atoms with Crippen LogP contribution in [0.3, 0.4) is 0 Å². The van der Waals surface area contributed by atoms with Gasteiger partial charge in [-0.25, -0.2) is 0 Å². The van der Waals surface area contributed by atoms with Crippen LogP contribution in [0.5, 0.6) is 17.2 Å². The maximum absolute atomic E-state index is 13.2. The van der Waals surface area contributed by atoms with E-state index in [1.54, 1.807) is 12.3 Å². The first-order chi connectivity index (χ1) is 15.6. The van der Waals surface area contributed by atoms with Gasteiger partial charge in [0.2, 0.25) is 5.78 Å². The number of para-hydroxylation sites is 1. The Hall–Kier alpha value is -3.64. The lowest BCUT2D eigenvalue weighted by molar-refractivity contribution is 0.0876. The van der Waals surface area contributed by atoms with Gasteiger partial charge in [0.15, 0.2) is 5.76 Å². The first-order valence-electron chi connectivity index (χ1n) is 10.7. The smallest absolute Gasteiger partial charge is 0.231 e. The number of nitrogens with zero attached hydrogens (tertiary/aromatic N) is 2. The summed E-state index contributed by atoms with van der Waals surface area (Å²) in [6, 6.07) is 13.5. The average molecular weight is 428 g/mol. The number of fused-ring (bicyclic) bond motifs is 2. The Bertz CT molecular complexity index is 1200. The summed E-state index contributed by atoms with van der Waals surface area (Å²) in [5, 5.41) is 0. The monoisotopic (exact) mass is 428 g/mol. The van der Waals surface area contributed by atoms with Gasteiger partial charge in [0.05, 0.1) is 12.2 Å². The zero-order valence-electron chi connectivity index (χ0n) is 18.1. The van der Waals surface area contributed by atoms with Crippen LogP contribution in [-0.2, 0) is 13.1 Å². The zero-order chi connectivity index (χ0) is 22.1. The van der Waals surface area contributed by atoms with Crippen molar-refractivity contribution in [2.45, 2.75) is 26.9 Å². The molecule has 2 aliphatic heterocycles. The van der Waals surface area contributed by atoms with E-state index in [0.29, 0.717) is 37.0 Å². The van der Waals surface area contributed by atoms with Crippen LogP contribution in [0.1, 0.15) is 39.5 Å². The van der Waals surface area contributed by atoms with Crippen LogP contribution in [0.25, 0.3) is 6.08 Å². The summed E-state index contributed by atoms with van der Waals surface area (Å²) in [5.41, 5.74) is 4.35. The van der Waals surface area contributed by atoms with Crippen LogP contribution in [0.15, 0.2) is 60.6 Å². The molecule has 0 aliphatic carbocycles. The van der Waals surface area contributed by atoms with Crippen molar-refractivity contribution in [3.63, 3.8) is 0 Å². The molecule has 3 aromatic rings. The highest BCUT2D eigenvalue weighted by Crippen LogP contribution is 2.43. The number of ether oxygens (including phenoxy) is 3. The molecule has 6 heteroatoms. The molecule has 0 radical (unpaired) electrons. The highest BCUT2D eigenvalue weighted by molar-refractivity contribution is 6.15. The number of allylic oxidation sites excluding steroid dienone is 1. The van der Waals surface area contributed by atoms with Crippen molar-refractivity contribution in [3.8, 4) is 17.2 Å². The van der Waals surface area contributed by atoms with Crippen molar-refractivity contribution in [3.05, 3.63) is 88.4 Å². The van der Waals surface area contributed by atoms with E-state index in [4.69, 9.17) is 14.2 Å². The molecule has 0 amide bonds. The van der Waals surface area contributed by atoms with Gasteiger partial charge in [0.25, 0.3) is 0 Å². The fraction of sp³-hybridized carbons (Fsp3) is 0.231. The third-order valence-electron chi connectivity index (χ3n) is 5.64. The van der Waals surface area contributed by atoms with Gasteiger partial charge >= 0.3 is 0 Å². The quantitative estimate of drug-likeness (QED) is 0.546. The normalized spacial score (nSPS) is 16.3. The predicted molar refractivity (Wildman–Crippen MR) is 121 cm³/mol. The number of benzene rings is 2. The molecule has 0 bridgehead atoms. The molecule has 3 heterocycles. The second-order valence-corrected chi connectivity index (χ2v) is 7.90. The van der Waals surface area contributed by atoms with Crippen LogP contribution in [0, 0.1) is 6.92 Å². The van der Waals surface area contributed by atoms with Gasteiger partial charge < -0.3 is 14.2 Å². The van der Waals surface area contributed by atoms with Crippen molar-refractivity contribution < 1.29 is 19.0 Å². The molecule has 6 nitrogen and oxygen atoms in total. The molecule has 2 aliphatic rings. The Kier molecular flexibility index (Phi) is 5.37. The van der Waals surface area contributed by atoms with E-state index in [-0.39, 0.29) is 5.78 Å². The highest BCUT2D eigenvalue weighted by atomic mass is 16.5. The summed E-state index contributed by atoms with van der Waals surface area (Å²) in [6.45, 7) is 6.32. The number of carbonyl (C=O) groups excluding carboxylic acids is 1. The number of aromatic nitrogens is 1. The Morgan fingerprint density at radius 1 is 1.19 bits per heavy atom. The van der Waals surface area contributed by atoms with Crippen molar-refractivity contribution >= 4 is 11.9 Å². The van der Waals surface area contributed by atoms with Gasteiger partial charge in [-0.1, -0.05) is 24.3 Å². The van der Waals surface area contributed by atoms with E-state index in [9.17, 15) is 4.79 Å². The predicted octanol–water partition coefficient (Wildman–Crippen LogP) is 4.76. The zero-order valence-corrected chi connectivity index (χ0v) is 18.1. The van der Waals surface area contributed by atoms with Crippen molar-refractivity contribution in [1.29, 1.82) is 0 Å². The second-order valence-electron chi connectivity index (χ2n) is 7.90. The maximum atomic E-state index is 13.2. The molecule has 0 spiro atoms. The van der Waals surface area contributed by atoms with Crippen LogP contribution >= 0.6 is 0 Å². The van der Waals surface area contributed by atoms with E-state index < -0.39 is 0 Å². The lowest BCUT2D eigenvalue weighted by atomic mass is 10.00. The van der Waals surface area contributed by atoms with Gasteiger partial charge in [-0.05, 0) is 43.7 Å². The molecule has 0 atom stereocenters. The topological polar surface area (TPSA) is 60.9 Å². The maximum Gasteiger partial charge on any atom is 0.231 e. The van der Waals surface area contributed by atoms with Crippen LogP contribution in [0.2, 0.25) is 0 Å². The van der Waals surface area contributed by atoms with Gasteiger partial charge in [-0.15, -0.1) is 0 Å². The molecule has 1 aromatic heterocycles. The summed E-state index contributed by atoms with van der Waals surface area (Å²) in [5.74, 6) is 2.27. The summed E-state index contributed by atoms with van der Waals surface area (Å²) in [7, 11) is 0. The van der Waals surface area contributed by atoms with Crippen LogP contribution in [-0.4, -0.2) is 29.0 Å². The van der Waals surface area contributed by atoms with Gasteiger partial charge in [-0.2, -0.15) is 0 Å². The standard InChI is InChI=1S/C26H24N2O4/c1-3-30-22-9-5-4-8-19(22)12-23-24(29)21-11-20-15-28(14-18-7-6-10-27-13-18)16-31-25(20)17(2)26(21)32-23/h4-13H,3,14-16H2,1-2H3/b23-12-. The molecule has 0 N–H and O–H groups in total. The number of rotatable bonds is 5. The van der Waals surface area contributed by atoms with Crippen LogP contribution in [0.4, 0.5) is 0 Å². The SMILES string of the molecule is CCOc1ccccc1/C=C1\Oc2c(cc3c(c2C)OCN(Cc2cccnc2)C3)C1=O. The van der Waals surface area contributed by atoms with Gasteiger partial charge in [0.1, 0.15) is 24.0 Å². The lowest BCUT2D eigenvalue weighted by Crippen LogP contribution is -2.32. The van der Waals surface area contributed by atoms with Crippen LogP contribution < -0.4 is 14.2 Å². The highest BCUT2D eigenvalue weighted by Gasteiger charge is 2.33. The fourth-order valence-electron chi connectivity index (χ4n) is 4.18. The second kappa shape index (κ2) is 8.48. The van der Waals surface area contributed by atoms with E-state index >= 15 is 0 Å². The average Bonchev–Trinajstić information content (AvgIpc) is 3.12. The van der Waals surface area contributed by atoms with E-state index in [2.05, 4.69) is 9.88 Å². The van der Waals surface area contributed by atoms with Gasteiger partial charge in [0, 0.05) is 42.2 Å². The number of ketones is 1. The summed E-state index contributed by atoms with van der Waals surface area (Å²) in [6.07, 6.45) is 5.38.